The summed E-state index contributed by atoms with van der Waals surface area (Å²) in [5.74, 6) is -1.29. The van der Waals surface area contributed by atoms with Crippen molar-refractivity contribution in [2.75, 3.05) is 13.1 Å². The Labute approximate surface area is 142 Å². The highest BCUT2D eigenvalue weighted by Crippen LogP contribution is 2.29. The number of carbonyl (C=O) groups is 3. The lowest BCUT2D eigenvalue weighted by Gasteiger charge is -2.32. The number of carboxylic acid groups (broad SMARTS) is 1. The summed E-state index contributed by atoms with van der Waals surface area (Å²) in [6.45, 7) is 4.26. The quantitative estimate of drug-likeness (QED) is 0.863. The molecule has 2 rings (SSSR count). The summed E-state index contributed by atoms with van der Waals surface area (Å²) < 4.78 is 0. The van der Waals surface area contributed by atoms with Gasteiger partial charge in [-0.15, -0.1) is 0 Å². The largest absolute Gasteiger partial charge is 0.480 e. The van der Waals surface area contributed by atoms with Crippen LogP contribution in [-0.2, 0) is 20.9 Å². The molecule has 24 heavy (non-hydrogen) atoms. The van der Waals surface area contributed by atoms with E-state index in [4.69, 9.17) is 0 Å². The maximum absolute atomic E-state index is 12.5. The molecule has 1 fully saturated rings. The Hall–Kier alpha value is -2.37. The van der Waals surface area contributed by atoms with Gasteiger partial charge in [-0.2, -0.15) is 0 Å². The zero-order valence-corrected chi connectivity index (χ0v) is 14.2. The van der Waals surface area contributed by atoms with E-state index in [1.807, 2.05) is 30.3 Å². The van der Waals surface area contributed by atoms with Crippen molar-refractivity contribution in [3.63, 3.8) is 0 Å². The maximum Gasteiger partial charge on any atom is 0.329 e. The zero-order chi connectivity index (χ0) is 17.7. The third-order valence-corrected chi connectivity index (χ3v) is 4.66. The van der Waals surface area contributed by atoms with Crippen molar-refractivity contribution >= 4 is 17.8 Å². The number of hydrogen-bond acceptors (Lipinski definition) is 3. The molecule has 1 aliphatic rings. The molecule has 1 unspecified atom stereocenters. The summed E-state index contributed by atoms with van der Waals surface area (Å²) in [5, 5.41) is 9.39. The molecule has 1 aromatic carbocycles. The normalized spacial score (nSPS) is 20.0. The second kappa shape index (κ2) is 7.47. The van der Waals surface area contributed by atoms with E-state index in [1.54, 1.807) is 11.8 Å². The Bertz CT molecular complexity index is 617. The molecule has 0 radical (unpaired) electrons. The molecule has 1 aromatic rings. The first-order chi connectivity index (χ1) is 11.3. The summed E-state index contributed by atoms with van der Waals surface area (Å²) in [6, 6.07) is 9.58. The number of likely N-dealkylation sites (tertiary alicyclic amines) is 1. The number of benzene rings is 1. The molecular weight excluding hydrogens is 308 g/mol. The molecule has 0 aromatic heterocycles. The standard InChI is InChI=1S/C18H24N2O4/c1-14(21)19(13-15-7-4-3-5-8-15)12-9-16(22)20-11-6-10-18(20,2)17(23)24/h3-5,7-8H,6,9-13H2,1-2H3,(H,23,24). The van der Waals surface area contributed by atoms with E-state index in [9.17, 15) is 19.5 Å². The first kappa shape index (κ1) is 18.0. The molecule has 0 aliphatic carbocycles. The second-order valence-electron chi connectivity index (χ2n) is 6.40. The molecule has 130 valence electrons. The molecule has 1 saturated heterocycles. The van der Waals surface area contributed by atoms with Crippen LogP contribution < -0.4 is 0 Å². The van der Waals surface area contributed by atoms with Gasteiger partial charge >= 0.3 is 5.97 Å². The smallest absolute Gasteiger partial charge is 0.329 e. The van der Waals surface area contributed by atoms with Crippen LogP contribution in [0.4, 0.5) is 0 Å². The van der Waals surface area contributed by atoms with Crippen LogP contribution in [0.5, 0.6) is 0 Å². The van der Waals surface area contributed by atoms with Crippen molar-refractivity contribution in [2.45, 2.75) is 45.2 Å². The first-order valence-electron chi connectivity index (χ1n) is 8.18. The van der Waals surface area contributed by atoms with Crippen molar-refractivity contribution in [3.05, 3.63) is 35.9 Å². The van der Waals surface area contributed by atoms with Crippen molar-refractivity contribution in [1.29, 1.82) is 0 Å². The lowest BCUT2D eigenvalue weighted by Crippen LogP contribution is -2.51. The highest BCUT2D eigenvalue weighted by Gasteiger charge is 2.45. The number of nitrogens with zero attached hydrogens (tertiary/aromatic N) is 2. The van der Waals surface area contributed by atoms with Gasteiger partial charge in [-0.1, -0.05) is 30.3 Å². The van der Waals surface area contributed by atoms with Crippen LogP contribution in [0.2, 0.25) is 0 Å². The predicted octanol–water partition coefficient (Wildman–Crippen LogP) is 1.89. The number of aliphatic carboxylic acids is 1. The van der Waals surface area contributed by atoms with Gasteiger partial charge in [0.1, 0.15) is 5.54 Å². The van der Waals surface area contributed by atoms with E-state index >= 15 is 0 Å². The Morgan fingerprint density at radius 2 is 1.92 bits per heavy atom. The molecule has 0 bridgehead atoms. The number of rotatable bonds is 6. The molecule has 1 heterocycles. The molecule has 0 saturated carbocycles. The van der Waals surface area contributed by atoms with Crippen LogP contribution in [0.1, 0.15) is 38.7 Å². The zero-order valence-electron chi connectivity index (χ0n) is 14.2. The Morgan fingerprint density at radius 3 is 2.50 bits per heavy atom. The van der Waals surface area contributed by atoms with Crippen LogP contribution in [0, 0.1) is 0 Å². The van der Waals surface area contributed by atoms with Crippen molar-refractivity contribution in [1.82, 2.24) is 9.80 Å². The molecule has 0 spiro atoms. The van der Waals surface area contributed by atoms with E-state index < -0.39 is 11.5 Å². The highest BCUT2D eigenvalue weighted by atomic mass is 16.4. The molecule has 1 N–H and O–H groups in total. The van der Waals surface area contributed by atoms with E-state index in [-0.39, 0.29) is 24.8 Å². The van der Waals surface area contributed by atoms with Crippen LogP contribution in [0.25, 0.3) is 0 Å². The second-order valence-corrected chi connectivity index (χ2v) is 6.40. The summed E-state index contributed by atoms with van der Waals surface area (Å²) in [4.78, 5) is 38.8. The molecule has 6 nitrogen and oxygen atoms in total. The summed E-state index contributed by atoms with van der Waals surface area (Å²) in [5.41, 5.74) is -0.130. The minimum Gasteiger partial charge on any atom is -0.480 e. The average molecular weight is 332 g/mol. The molecule has 1 aliphatic heterocycles. The van der Waals surface area contributed by atoms with Crippen LogP contribution in [0.3, 0.4) is 0 Å². The third kappa shape index (κ3) is 3.93. The van der Waals surface area contributed by atoms with Crippen LogP contribution in [0.15, 0.2) is 30.3 Å². The summed E-state index contributed by atoms with van der Waals surface area (Å²) in [7, 11) is 0. The van der Waals surface area contributed by atoms with Crippen molar-refractivity contribution in [2.24, 2.45) is 0 Å². The van der Waals surface area contributed by atoms with Gasteiger partial charge in [0, 0.05) is 33.0 Å². The van der Waals surface area contributed by atoms with E-state index in [0.29, 0.717) is 25.9 Å². The van der Waals surface area contributed by atoms with Gasteiger partial charge < -0.3 is 14.9 Å². The fraction of sp³-hybridized carbons (Fsp3) is 0.500. The number of amides is 2. The van der Waals surface area contributed by atoms with Gasteiger partial charge in [0.05, 0.1) is 0 Å². The van der Waals surface area contributed by atoms with E-state index in [0.717, 1.165) is 5.56 Å². The molecule has 6 heteroatoms. The SMILES string of the molecule is CC(=O)N(CCC(=O)N1CCCC1(C)C(=O)O)Cc1ccccc1. The summed E-state index contributed by atoms with van der Waals surface area (Å²) >= 11 is 0. The fourth-order valence-corrected chi connectivity index (χ4v) is 3.10. The van der Waals surface area contributed by atoms with Gasteiger partial charge in [0.15, 0.2) is 0 Å². The maximum atomic E-state index is 12.5. The first-order valence-corrected chi connectivity index (χ1v) is 8.18. The molecule has 2 amide bonds. The van der Waals surface area contributed by atoms with Crippen molar-refractivity contribution < 1.29 is 19.5 Å². The Kier molecular flexibility index (Phi) is 5.59. The highest BCUT2D eigenvalue weighted by molar-refractivity contribution is 5.87. The van der Waals surface area contributed by atoms with Gasteiger partial charge in [0.25, 0.3) is 0 Å². The van der Waals surface area contributed by atoms with Crippen LogP contribution in [-0.4, -0.2) is 51.3 Å². The van der Waals surface area contributed by atoms with Gasteiger partial charge in [0.2, 0.25) is 11.8 Å². The lowest BCUT2D eigenvalue weighted by molar-refractivity contribution is -0.155. The minimum absolute atomic E-state index is 0.103. The number of carboxylic acids is 1. The van der Waals surface area contributed by atoms with Crippen LogP contribution >= 0.6 is 0 Å². The predicted molar refractivity (Wildman–Crippen MR) is 89.1 cm³/mol. The topological polar surface area (TPSA) is 77.9 Å². The Morgan fingerprint density at radius 1 is 1.25 bits per heavy atom. The average Bonchev–Trinajstić information content (AvgIpc) is 2.95. The van der Waals surface area contributed by atoms with E-state index in [1.165, 1.54) is 11.8 Å². The molecule has 1 atom stereocenters. The summed E-state index contributed by atoms with van der Waals surface area (Å²) in [6.07, 6.45) is 1.29. The Balaban J connectivity index is 1.98. The number of hydrogen-bond donors (Lipinski definition) is 1. The molecular formula is C18H24N2O4. The fourth-order valence-electron chi connectivity index (χ4n) is 3.10. The monoisotopic (exact) mass is 332 g/mol. The van der Waals surface area contributed by atoms with Gasteiger partial charge in [-0.05, 0) is 25.3 Å². The number of carbonyl (C=O) groups excluding carboxylic acids is 2. The lowest BCUT2D eigenvalue weighted by atomic mass is 9.99. The minimum atomic E-state index is -1.13. The third-order valence-electron chi connectivity index (χ3n) is 4.66. The van der Waals surface area contributed by atoms with Gasteiger partial charge in [-0.25, -0.2) is 4.79 Å². The van der Waals surface area contributed by atoms with Crippen molar-refractivity contribution in [3.8, 4) is 0 Å². The van der Waals surface area contributed by atoms with Gasteiger partial charge in [-0.3, -0.25) is 9.59 Å². The van der Waals surface area contributed by atoms with E-state index in [2.05, 4.69) is 0 Å².